The molecular weight excluding hydrogens is 338 g/mol. The van der Waals surface area contributed by atoms with Crippen LogP contribution in [-0.4, -0.2) is 24.8 Å². The van der Waals surface area contributed by atoms with Crippen LogP contribution in [0.25, 0.3) is 5.70 Å². The van der Waals surface area contributed by atoms with Gasteiger partial charge in [0, 0.05) is 37.3 Å². The summed E-state index contributed by atoms with van der Waals surface area (Å²) in [7, 11) is 1.80. The molecule has 0 spiro atoms. The van der Waals surface area contributed by atoms with Crippen molar-refractivity contribution in [3.63, 3.8) is 0 Å². The van der Waals surface area contributed by atoms with Gasteiger partial charge in [0.05, 0.1) is 18.4 Å². The molecule has 2 aromatic rings. The third-order valence-electron chi connectivity index (χ3n) is 5.07. The number of nitrogens with zero attached hydrogens (tertiary/aromatic N) is 1. The van der Waals surface area contributed by atoms with Crippen LogP contribution in [0.2, 0.25) is 0 Å². The van der Waals surface area contributed by atoms with Gasteiger partial charge in [0.15, 0.2) is 0 Å². The van der Waals surface area contributed by atoms with Crippen molar-refractivity contribution in [2.45, 2.75) is 38.3 Å². The maximum Gasteiger partial charge on any atom is 0.0775 e. The lowest BCUT2D eigenvalue weighted by molar-refractivity contribution is -0.00113. The number of benzene rings is 1. The third-order valence-corrected chi connectivity index (χ3v) is 5.07. The minimum absolute atomic E-state index is 0.369. The minimum Gasteiger partial charge on any atom is -0.381 e. The molecule has 2 atom stereocenters. The first-order valence-corrected chi connectivity index (χ1v) is 9.58. The van der Waals surface area contributed by atoms with E-state index in [9.17, 15) is 0 Å². The molecule has 0 amide bonds. The van der Waals surface area contributed by atoms with Crippen molar-refractivity contribution in [2.24, 2.45) is 5.92 Å². The highest BCUT2D eigenvalue weighted by atomic mass is 16.6. The predicted octanol–water partition coefficient (Wildman–Crippen LogP) is 4.39. The number of pyridine rings is 1. The Bertz CT molecular complexity index is 721. The molecule has 1 aromatic heterocycles. The SMILES string of the molecule is C=C(NOC[C@H]1CCC[C@@H](OC)C1)c1ccccc1NCc1ccncc1. The lowest BCUT2D eigenvalue weighted by Gasteiger charge is -2.28. The number of ether oxygens (including phenoxy) is 1. The zero-order chi connectivity index (χ0) is 18.9. The smallest absolute Gasteiger partial charge is 0.0775 e. The summed E-state index contributed by atoms with van der Waals surface area (Å²) >= 11 is 0. The van der Waals surface area contributed by atoms with E-state index in [4.69, 9.17) is 9.57 Å². The molecule has 1 aliphatic carbocycles. The molecular formula is C22H29N3O2. The van der Waals surface area contributed by atoms with Crippen molar-refractivity contribution >= 4 is 11.4 Å². The van der Waals surface area contributed by atoms with Crippen LogP contribution in [0.3, 0.4) is 0 Å². The van der Waals surface area contributed by atoms with Gasteiger partial charge in [-0.3, -0.25) is 15.3 Å². The van der Waals surface area contributed by atoms with E-state index in [1.165, 1.54) is 18.4 Å². The van der Waals surface area contributed by atoms with Crippen LogP contribution < -0.4 is 10.8 Å². The van der Waals surface area contributed by atoms with Crippen LogP contribution in [0.5, 0.6) is 0 Å². The average Bonchev–Trinajstić information content (AvgIpc) is 2.73. The van der Waals surface area contributed by atoms with E-state index < -0.39 is 0 Å². The highest BCUT2D eigenvalue weighted by molar-refractivity contribution is 5.73. The van der Waals surface area contributed by atoms with Gasteiger partial charge in [0.25, 0.3) is 0 Å². The largest absolute Gasteiger partial charge is 0.381 e. The molecule has 0 unspecified atom stereocenters. The Kier molecular flexibility index (Phi) is 7.25. The Hall–Kier alpha value is -2.37. The van der Waals surface area contributed by atoms with E-state index in [0.717, 1.165) is 36.3 Å². The fourth-order valence-electron chi connectivity index (χ4n) is 3.51. The Labute approximate surface area is 161 Å². The number of anilines is 1. The Morgan fingerprint density at radius 1 is 1.19 bits per heavy atom. The monoisotopic (exact) mass is 367 g/mol. The second kappa shape index (κ2) is 10.1. The lowest BCUT2D eigenvalue weighted by atomic mass is 9.88. The van der Waals surface area contributed by atoms with Crippen LogP contribution in [0, 0.1) is 5.92 Å². The highest BCUT2D eigenvalue weighted by Gasteiger charge is 2.22. The number of rotatable bonds is 9. The molecule has 0 radical (unpaired) electrons. The molecule has 0 bridgehead atoms. The maximum atomic E-state index is 5.76. The molecule has 5 nitrogen and oxygen atoms in total. The molecule has 0 aliphatic heterocycles. The van der Waals surface area contributed by atoms with Crippen LogP contribution in [0.4, 0.5) is 5.69 Å². The summed E-state index contributed by atoms with van der Waals surface area (Å²) in [5.41, 5.74) is 6.99. The number of hydrogen-bond donors (Lipinski definition) is 2. The fourth-order valence-corrected chi connectivity index (χ4v) is 3.51. The Morgan fingerprint density at radius 3 is 2.81 bits per heavy atom. The second-order valence-corrected chi connectivity index (χ2v) is 7.04. The first-order chi connectivity index (χ1) is 13.3. The van der Waals surface area contributed by atoms with Gasteiger partial charge in [0.2, 0.25) is 0 Å². The van der Waals surface area contributed by atoms with Crippen LogP contribution >= 0.6 is 0 Å². The van der Waals surface area contributed by atoms with E-state index in [-0.39, 0.29) is 0 Å². The van der Waals surface area contributed by atoms with Gasteiger partial charge in [-0.2, -0.15) is 0 Å². The summed E-state index contributed by atoms with van der Waals surface area (Å²) in [6.45, 7) is 5.55. The number of para-hydroxylation sites is 1. The molecule has 1 heterocycles. The molecule has 144 valence electrons. The summed E-state index contributed by atoms with van der Waals surface area (Å²) in [6, 6.07) is 12.1. The Morgan fingerprint density at radius 2 is 2.00 bits per heavy atom. The normalized spacial score (nSPS) is 19.4. The number of aromatic nitrogens is 1. The van der Waals surface area contributed by atoms with Crippen LogP contribution in [0.15, 0.2) is 55.4 Å². The van der Waals surface area contributed by atoms with Crippen molar-refractivity contribution in [1.82, 2.24) is 10.5 Å². The van der Waals surface area contributed by atoms with E-state index in [2.05, 4.69) is 22.4 Å². The molecule has 27 heavy (non-hydrogen) atoms. The van der Waals surface area contributed by atoms with E-state index in [1.54, 1.807) is 19.5 Å². The summed E-state index contributed by atoms with van der Waals surface area (Å²) in [4.78, 5) is 9.81. The van der Waals surface area contributed by atoms with Crippen molar-refractivity contribution in [3.05, 3.63) is 66.5 Å². The summed E-state index contributed by atoms with van der Waals surface area (Å²) < 4.78 is 5.49. The van der Waals surface area contributed by atoms with Crippen molar-refractivity contribution in [2.75, 3.05) is 19.0 Å². The number of methoxy groups -OCH3 is 1. The first-order valence-electron chi connectivity index (χ1n) is 9.58. The van der Waals surface area contributed by atoms with E-state index in [1.807, 2.05) is 36.4 Å². The van der Waals surface area contributed by atoms with Crippen molar-refractivity contribution < 1.29 is 9.57 Å². The van der Waals surface area contributed by atoms with Crippen LogP contribution in [0.1, 0.15) is 36.8 Å². The van der Waals surface area contributed by atoms with Gasteiger partial charge in [0.1, 0.15) is 0 Å². The molecule has 3 rings (SSSR count). The van der Waals surface area contributed by atoms with Gasteiger partial charge in [-0.05, 0) is 48.9 Å². The molecule has 5 heteroatoms. The number of hydroxylamine groups is 1. The Balaban J connectivity index is 1.50. The molecule has 2 N–H and O–H groups in total. The van der Waals surface area contributed by atoms with Crippen molar-refractivity contribution in [1.29, 1.82) is 0 Å². The fraction of sp³-hybridized carbons (Fsp3) is 0.409. The lowest BCUT2D eigenvalue weighted by Crippen LogP contribution is -2.27. The van der Waals surface area contributed by atoms with Gasteiger partial charge >= 0.3 is 0 Å². The second-order valence-electron chi connectivity index (χ2n) is 7.04. The average molecular weight is 367 g/mol. The highest BCUT2D eigenvalue weighted by Crippen LogP contribution is 2.26. The number of nitrogens with one attached hydrogen (secondary N) is 2. The molecule has 1 fully saturated rings. The van der Waals surface area contributed by atoms with Gasteiger partial charge in [-0.15, -0.1) is 0 Å². The summed E-state index contributed by atoms with van der Waals surface area (Å²) in [6.07, 6.45) is 8.59. The quantitative estimate of drug-likeness (QED) is 0.644. The summed E-state index contributed by atoms with van der Waals surface area (Å²) in [5.74, 6) is 0.532. The molecule has 1 aliphatic rings. The molecule has 0 saturated heterocycles. The van der Waals surface area contributed by atoms with Gasteiger partial charge in [-0.1, -0.05) is 31.2 Å². The first kappa shape index (κ1) is 19.4. The maximum absolute atomic E-state index is 5.76. The van der Waals surface area contributed by atoms with Gasteiger partial charge in [-0.25, -0.2) is 0 Å². The predicted molar refractivity (Wildman–Crippen MR) is 109 cm³/mol. The zero-order valence-corrected chi connectivity index (χ0v) is 16.0. The minimum atomic E-state index is 0.369. The van der Waals surface area contributed by atoms with Crippen molar-refractivity contribution in [3.8, 4) is 0 Å². The number of hydrogen-bond acceptors (Lipinski definition) is 5. The third kappa shape index (κ3) is 5.81. The van der Waals surface area contributed by atoms with Gasteiger partial charge < -0.3 is 10.1 Å². The van der Waals surface area contributed by atoms with E-state index >= 15 is 0 Å². The molecule has 1 saturated carbocycles. The summed E-state index contributed by atoms with van der Waals surface area (Å²) in [5, 5.41) is 3.46. The molecule has 1 aromatic carbocycles. The van der Waals surface area contributed by atoms with Crippen LogP contribution in [-0.2, 0) is 16.1 Å². The zero-order valence-electron chi connectivity index (χ0n) is 16.0. The topological polar surface area (TPSA) is 55.4 Å². The standard InChI is InChI=1S/C22H29N3O2/c1-17(25-27-16-19-6-5-7-20(14-19)26-2)21-8-3-4-9-22(21)24-15-18-10-12-23-13-11-18/h3-4,8-13,19-20,24-25H,1,5-7,14-16H2,2H3/t19-,20+/m0/s1. The van der Waals surface area contributed by atoms with E-state index in [0.29, 0.717) is 18.6 Å².